The maximum absolute atomic E-state index is 3.69. The van der Waals surface area contributed by atoms with Crippen molar-refractivity contribution in [3.8, 4) is 22.3 Å². The zero-order valence-electron chi connectivity index (χ0n) is 9.94. The zero-order chi connectivity index (χ0) is 13.2. The molecular weight excluding hydrogens is 384 g/mol. The molecule has 3 rings (SSSR count). The van der Waals surface area contributed by atoms with Crippen molar-refractivity contribution in [3.63, 3.8) is 0 Å². The van der Waals surface area contributed by atoms with Crippen molar-refractivity contribution in [3.05, 3.63) is 68.2 Å². The molecule has 0 radical (unpaired) electrons. The first-order valence-electron chi connectivity index (χ1n) is 5.86. The molecule has 0 saturated heterocycles. The topological polar surface area (TPSA) is 0 Å². The smallest absolute Gasteiger partial charge is 0.0795 e. The molecule has 0 bridgehead atoms. The van der Waals surface area contributed by atoms with Crippen LogP contribution in [0.2, 0.25) is 0 Å². The van der Waals surface area contributed by atoms with Gasteiger partial charge >= 0.3 is 0 Å². The molecule has 0 nitrogen and oxygen atoms in total. The summed E-state index contributed by atoms with van der Waals surface area (Å²) < 4.78 is 2.31. The summed E-state index contributed by atoms with van der Waals surface area (Å²) in [6.45, 7) is 0. The van der Waals surface area contributed by atoms with Gasteiger partial charge in [-0.1, -0.05) is 60.7 Å². The van der Waals surface area contributed by atoms with Crippen LogP contribution in [0.3, 0.4) is 0 Å². The Kier molecular flexibility index (Phi) is 3.87. The second-order valence-electron chi connectivity index (χ2n) is 4.13. The van der Waals surface area contributed by atoms with Gasteiger partial charge in [-0.25, -0.2) is 0 Å². The van der Waals surface area contributed by atoms with Gasteiger partial charge in [0.2, 0.25) is 0 Å². The molecule has 0 saturated carbocycles. The first-order valence-corrected chi connectivity index (χ1v) is 8.26. The minimum absolute atomic E-state index is 1.16. The summed E-state index contributed by atoms with van der Waals surface area (Å²) in [4.78, 5) is 0. The number of benzene rings is 2. The quantitative estimate of drug-likeness (QED) is 0.459. The predicted octanol–water partition coefficient (Wildman–Crippen LogP) is 6.61. The first kappa shape index (κ1) is 13.1. The van der Waals surface area contributed by atoms with Crippen LogP contribution in [-0.4, -0.2) is 0 Å². The van der Waals surface area contributed by atoms with Crippen LogP contribution in [0.1, 0.15) is 0 Å². The van der Waals surface area contributed by atoms with Crippen LogP contribution in [0.25, 0.3) is 22.3 Å². The number of thiophene rings is 1. The Morgan fingerprint density at radius 3 is 1.32 bits per heavy atom. The van der Waals surface area contributed by atoms with Gasteiger partial charge in [0.25, 0.3) is 0 Å². The molecule has 0 aliphatic heterocycles. The monoisotopic (exact) mass is 392 g/mol. The summed E-state index contributed by atoms with van der Waals surface area (Å²) in [7, 11) is 0. The van der Waals surface area contributed by atoms with E-state index in [1.807, 2.05) is 12.1 Å². The van der Waals surface area contributed by atoms with Crippen LogP contribution in [0, 0.1) is 0 Å². The zero-order valence-corrected chi connectivity index (χ0v) is 13.9. The molecule has 3 heteroatoms. The lowest BCUT2D eigenvalue weighted by molar-refractivity contribution is 1.62. The second-order valence-corrected chi connectivity index (χ2v) is 7.79. The van der Waals surface area contributed by atoms with Gasteiger partial charge in [0.05, 0.1) is 7.57 Å². The summed E-state index contributed by atoms with van der Waals surface area (Å²) >= 11 is 9.10. The van der Waals surface area contributed by atoms with E-state index in [9.17, 15) is 0 Å². The first-order chi connectivity index (χ1) is 9.27. The molecule has 0 fully saturated rings. The molecule has 0 unspecified atom stereocenters. The van der Waals surface area contributed by atoms with Crippen LogP contribution in [0.5, 0.6) is 0 Å². The minimum Gasteiger partial charge on any atom is -0.120 e. The summed E-state index contributed by atoms with van der Waals surface area (Å²) in [5.41, 5.74) is 4.97. The molecule has 0 atom stereocenters. The highest BCUT2D eigenvalue weighted by molar-refractivity contribution is 9.12. The SMILES string of the molecule is Brc1sc(Br)c(-c2ccccc2)c1-c1ccccc1. The fourth-order valence-corrected chi connectivity index (χ4v) is 5.38. The molecule has 2 aromatic carbocycles. The number of halogens is 2. The number of hydrogen-bond acceptors (Lipinski definition) is 1. The molecule has 0 N–H and O–H groups in total. The highest BCUT2D eigenvalue weighted by Crippen LogP contribution is 2.48. The maximum Gasteiger partial charge on any atom is 0.0795 e. The van der Waals surface area contributed by atoms with Gasteiger partial charge < -0.3 is 0 Å². The Labute approximate surface area is 133 Å². The predicted molar refractivity (Wildman–Crippen MR) is 90.6 cm³/mol. The van der Waals surface area contributed by atoms with Crippen molar-refractivity contribution in [2.45, 2.75) is 0 Å². The average Bonchev–Trinajstić information content (AvgIpc) is 2.75. The standard InChI is InChI=1S/C16H10Br2S/c17-15-13(11-7-3-1-4-8-11)14(16(18)19-15)12-9-5-2-6-10-12/h1-10H. The third-order valence-corrected chi connectivity index (χ3v) is 5.48. The Morgan fingerprint density at radius 1 is 0.579 bits per heavy atom. The van der Waals surface area contributed by atoms with E-state index in [0.717, 1.165) is 7.57 Å². The van der Waals surface area contributed by atoms with Crippen LogP contribution in [0.15, 0.2) is 68.2 Å². The number of rotatable bonds is 2. The second kappa shape index (κ2) is 5.61. The highest BCUT2D eigenvalue weighted by atomic mass is 79.9. The maximum atomic E-state index is 3.69. The molecule has 0 aliphatic rings. The van der Waals surface area contributed by atoms with E-state index in [-0.39, 0.29) is 0 Å². The van der Waals surface area contributed by atoms with Gasteiger partial charge in [-0.05, 0) is 43.0 Å². The summed E-state index contributed by atoms with van der Waals surface area (Å²) in [6.07, 6.45) is 0. The minimum atomic E-state index is 1.16. The van der Waals surface area contributed by atoms with E-state index >= 15 is 0 Å². The third kappa shape index (κ3) is 2.55. The summed E-state index contributed by atoms with van der Waals surface area (Å²) in [5.74, 6) is 0. The molecule has 3 aromatic rings. The van der Waals surface area contributed by atoms with Gasteiger partial charge in [-0.15, -0.1) is 11.3 Å². The Bertz CT molecular complexity index is 628. The van der Waals surface area contributed by atoms with Gasteiger partial charge in [-0.2, -0.15) is 0 Å². The van der Waals surface area contributed by atoms with E-state index in [1.165, 1.54) is 22.3 Å². The highest BCUT2D eigenvalue weighted by Gasteiger charge is 2.17. The van der Waals surface area contributed by atoms with E-state index in [1.54, 1.807) is 11.3 Å². The van der Waals surface area contributed by atoms with E-state index in [2.05, 4.69) is 80.4 Å². The van der Waals surface area contributed by atoms with E-state index in [4.69, 9.17) is 0 Å². The van der Waals surface area contributed by atoms with Crippen LogP contribution in [-0.2, 0) is 0 Å². The lowest BCUT2D eigenvalue weighted by atomic mass is 9.99. The van der Waals surface area contributed by atoms with E-state index in [0.29, 0.717) is 0 Å². The fourth-order valence-electron chi connectivity index (χ4n) is 2.10. The molecule has 0 aliphatic carbocycles. The van der Waals surface area contributed by atoms with Crippen molar-refractivity contribution >= 4 is 43.2 Å². The van der Waals surface area contributed by atoms with Gasteiger partial charge in [-0.3, -0.25) is 0 Å². The third-order valence-electron chi connectivity index (χ3n) is 2.95. The van der Waals surface area contributed by atoms with Gasteiger partial charge in [0.1, 0.15) is 0 Å². The molecule has 94 valence electrons. The van der Waals surface area contributed by atoms with Gasteiger partial charge in [0, 0.05) is 11.1 Å². The Balaban J connectivity index is 2.26. The largest absolute Gasteiger partial charge is 0.120 e. The van der Waals surface area contributed by atoms with Crippen molar-refractivity contribution in [2.24, 2.45) is 0 Å². The van der Waals surface area contributed by atoms with Crippen LogP contribution < -0.4 is 0 Å². The van der Waals surface area contributed by atoms with Crippen molar-refractivity contribution in [2.75, 3.05) is 0 Å². The Morgan fingerprint density at radius 2 is 0.947 bits per heavy atom. The molecule has 1 heterocycles. The molecule has 19 heavy (non-hydrogen) atoms. The molecule has 1 aromatic heterocycles. The lowest BCUT2D eigenvalue weighted by Gasteiger charge is -2.06. The lowest BCUT2D eigenvalue weighted by Crippen LogP contribution is -1.81. The fraction of sp³-hybridized carbons (Fsp3) is 0. The normalized spacial score (nSPS) is 10.6. The van der Waals surface area contributed by atoms with Crippen LogP contribution in [0.4, 0.5) is 0 Å². The van der Waals surface area contributed by atoms with Crippen molar-refractivity contribution in [1.82, 2.24) is 0 Å². The van der Waals surface area contributed by atoms with Crippen molar-refractivity contribution in [1.29, 1.82) is 0 Å². The van der Waals surface area contributed by atoms with E-state index < -0.39 is 0 Å². The summed E-state index contributed by atoms with van der Waals surface area (Å²) in [6, 6.07) is 20.9. The van der Waals surface area contributed by atoms with Crippen LogP contribution >= 0.6 is 43.2 Å². The summed E-state index contributed by atoms with van der Waals surface area (Å²) in [5, 5.41) is 0. The van der Waals surface area contributed by atoms with Crippen molar-refractivity contribution < 1.29 is 0 Å². The number of hydrogen-bond donors (Lipinski definition) is 0. The molecular formula is C16H10Br2S. The van der Waals surface area contributed by atoms with Gasteiger partial charge in [0.15, 0.2) is 0 Å². The molecule has 0 amide bonds. The average molecular weight is 394 g/mol. The Hall–Kier alpha value is -0.900. The molecule has 0 spiro atoms.